The van der Waals surface area contributed by atoms with Crippen molar-refractivity contribution in [2.45, 2.75) is 38.0 Å². The van der Waals surface area contributed by atoms with Crippen LogP contribution in [-0.2, 0) is 0 Å². The van der Waals surface area contributed by atoms with Crippen molar-refractivity contribution in [2.75, 3.05) is 11.5 Å². The zero-order valence-electron chi connectivity index (χ0n) is 9.58. The third kappa shape index (κ3) is 2.31. The molecular weight excluding hydrogens is 204 g/mol. The predicted molar refractivity (Wildman–Crippen MR) is 68.4 cm³/mol. The van der Waals surface area contributed by atoms with Gasteiger partial charge in [-0.25, -0.2) is 10.9 Å². The van der Waals surface area contributed by atoms with E-state index in [-0.39, 0.29) is 10.9 Å². The number of phenols is 1. The van der Waals surface area contributed by atoms with Gasteiger partial charge in [-0.1, -0.05) is 6.42 Å². The fourth-order valence-corrected chi connectivity index (χ4v) is 4.97. The van der Waals surface area contributed by atoms with Crippen LogP contribution in [0.4, 0.5) is 0 Å². The van der Waals surface area contributed by atoms with Gasteiger partial charge in [0.1, 0.15) is 5.75 Å². The highest BCUT2D eigenvalue weighted by Crippen LogP contribution is 2.43. The van der Waals surface area contributed by atoms with E-state index in [1.165, 1.54) is 35.7 Å². The second-order valence-corrected chi connectivity index (χ2v) is 6.97. The maximum atomic E-state index is 9.74. The van der Waals surface area contributed by atoms with Crippen molar-refractivity contribution in [3.8, 4) is 5.75 Å². The molecule has 2 heteroatoms. The van der Waals surface area contributed by atoms with Crippen molar-refractivity contribution in [2.24, 2.45) is 0 Å². The molecule has 0 radical (unpaired) electrons. The minimum absolute atomic E-state index is 0.0772. The minimum Gasteiger partial charge on any atom is -0.507 e. The second kappa shape index (κ2) is 4.48. The number of phenolic OH excluding ortho intramolecular Hbond substituents is 1. The molecule has 1 heterocycles. The quantitative estimate of drug-likeness (QED) is 0.699. The van der Waals surface area contributed by atoms with E-state index in [4.69, 9.17) is 0 Å². The Hall–Kier alpha value is -0.630. The molecule has 1 aromatic rings. The third-order valence-electron chi connectivity index (χ3n) is 3.20. The molecule has 0 unspecified atom stereocenters. The number of aromatic hydroxyl groups is 1. The Kier molecular flexibility index (Phi) is 3.25. The number of benzene rings is 1. The van der Waals surface area contributed by atoms with Gasteiger partial charge >= 0.3 is 0 Å². The van der Waals surface area contributed by atoms with Crippen molar-refractivity contribution in [1.29, 1.82) is 0 Å². The van der Waals surface area contributed by atoms with Crippen LogP contribution in [0.3, 0.4) is 0 Å². The molecule has 1 aliphatic heterocycles. The molecule has 0 bridgehead atoms. The maximum Gasteiger partial charge on any atom is 0.121 e. The first-order valence-corrected chi connectivity index (χ1v) is 7.45. The lowest BCUT2D eigenvalue weighted by atomic mass is 10.1. The molecule has 1 fully saturated rings. The lowest BCUT2D eigenvalue weighted by Crippen LogP contribution is -2.03. The van der Waals surface area contributed by atoms with Gasteiger partial charge in [-0.15, -0.1) is 0 Å². The van der Waals surface area contributed by atoms with E-state index in [1.54, 1.807) is 0 Å². The summed E-state index contributed by atoms with van der Waals surface area (Å²) in [5.41, 5.74) is 2.08. The van der Waals surface area contributed by atoms with E-state index in [1.807, 2.05) is 13.8 Å². The van der Waals surface area contributed by atoms with Crippen molar-refractivity contribution in [1.82, 2.24) is 0 Å². The van der Waals surface area contributed by atoms with Crippen molar-refractivity contribution in [3.05, 3.63) is 23.3 Å². The van der Waals surface area contributed by atoms with E-state index in [2.05, 4.69) is 12.1 Å². The molecule has 1 aromatic carbocycles. The van der Waals surface area contributed by atoms with Crippen LogP contribution in [-0.4, -0.2) is 16.6 Å². The summed E-state index contributed by atoms with van der Waals surface area (Å²) in [7, 11) is 0.0772. The second-order valence-electron chi connectivity index (χ2n) is 4.48. The first-order chi connectivity index (χ1) is 7.18. The first kappa shape index (κ1) is 10.9. The van der Waals surface area contributed by atoms with Crippen molar-refractivity contribution < 1.29 is 5.11 Å². The van der Waals surface area contributed by atoms with Gasteiger partial charge in [-0.05, 0) is 66.3 Å². The Balaban J connectivity index is 2.27. The Morgan fingerprint density at radius 1 is 1.00 bits per heavy atom. The smallest absolute Gasteiger partial charge is 0.121 e. The third-order valence-corrected chi connectivity index (χ3v) is 5.90. The molecule has 0 aliphatic carbocycles. The highest BCUT2D eigenvalue weighted by Gasteiger charge is 2.13. The van der Waals surface area contributed by atoms with Gasteiger partial charge in [0, 0.05) is 0 Å². The summed E-state index contributed by atoms with van der Waals surface area (Å²) in [5, 5.41) is 9.74. The average Bonchev–Trinajstić information content (AvgIpc) is 2.26. The summed E-state index contributed by atoms with van der Waals surface area (Å²) in [6.45, 7) is 4.01. The van der Waals surface area contributed by atoms with Gasteiger partial charge in [0.25, 0.3) is 0 Å². The Bertz CT molecular complexity index is 331. The molecule has 0 saturated carbocycles. The molecule has 1 nitrogen and oxygen atoms in total. The monoisotopic (exact) mass is 224 g/mol. The van der Waals surface area contributed by atoms with Crippen LogP contribution in [0.2, 0.25) is 0 Å². The van der Waals surface area contributed by atoms with E-state index >= 15 is 0 Å². The normalized spacial score (nSPS) is 19.2. The summed E-state index contributed by atoms with van der Waals surface area (Å²) < 4.78 is 0. The zero-order valence-corrected chi connectivity index (χ0v) is 10.5. The van der Waals surface area contributed by atoms with Crippen LogP contribution >= 0.6 is 10.9 Å². The summed E-state index contributed by atoms with van der Waals surface area (Å²) in [5.74, 6) is 3.25. The molecule has 1 aliphatic rings. The Labute approximate surface area is 94.9 Å². The molecule has 0 aromatic heterocycles. The summed E-state index contributed by atoms with van der Waals surface area (Å²) in [4.78, 5) is 1.50. The number of hydrogen-bond donors (Lipinski definition) is 2. The van der Waals surface area contributed by atoms with E-state index < -0.39 is 0 Å². The van der Waals surface area contributed by atoms with Crippen LogP contribution in [0.1, 0.15) is 30.4 Å². The summed E-state index contributed by atoms with van der Waals surface area (Å²) >= 11 is 0. The minimum atomic E-state index is 0.0772. The predicted octanol–water partition coefficient (Wildman–Crippen LogP) is 3.55. The largest absolute Gasteiger partial charge is 0.507 e. The van der Waals surface area contributed by atoms with Crippen LogP contribution in [0.15, 0.2) is 17.0 Å². The summed E-state index contributed by atoms with van der Waals surface area (Å²) in [6.07, 6.45) is 4.20. The van der Waals surface area contributed by atoms with Gasteiger partial charge in [0.2, 0.25) is 0 Å². The van der Waals surface area contributed by atoms with Gasteiger partial charge < -0.3 is 5.11 Å². The van der Waals surface area contributed by atoms with E-state index in [9.17, 15) is 5.11 Å². The molecule has 1 N–H and O–H groups in total. The topological polar surface area (TPSA) is 20.2 Å². The zero-order chi connectivity index (χ0) is 10.8. The molecule has 0 amide bonds. The molecule has 15 heavy (non-hydrogen) atoms. The highest BCUT2D eigenvalue weighted by molar-refractivity contribution is 8.17. The number of thiol groups is 1. The fourth-order valence-electron chi connectivity index (χ4n) is 2.27. The Morgan fingerprint density at radius 3 is 2.07 bits per heavy atom. The number of hydrogen-bond acceptors (Lipinski definition) is 1. The van der Waals surface area contributed by atoms with Crippen LogP contribution in [0.5, 0.6) is 5.75 Å². The van der Waals surface area contributed by atoms with Gasteiger partial charge in [0.05, 0.1) is 0 Å². The maximum absolute atomic E-state index is 9.74. The van der Waals surface area contributed by atoms with E-state index in [0.717, 1.165) is 11.1 Å². The van der Waals surface area contributed by atoms with Crippen LogP contribution in [0, 0.1) is 13.8 Å². The van der Waals surface area contributed by atoms with Gasteiger partial charge in [0.15, 0.2) is 0 Å². The molecule has 2 rings (SSSR count). The van der Waals surface area contributed by atoms with Crippen molar-refractivity contribution in [3.63, 3.8) is 0 Å². The summed E-state index contributed by atoms with van der Waals surface area (Å²) in [6, 6.07) is 4.39. The highest BCUT2D eigenvalue weighted by atomic mass is 32.2. The lowest BCUT2D eigenvalue weighted by molar-refractivity contribution is 0.466. The first-order valence-electron chi connectivity index (χ1n) is 5.73. The van der Waals surface area contributed by atoms with Gasteiger partial charge in [-0.3, -0.25) is 0 Å². The average molecular weight is 224 g/mol. The SMILES string of the molecule is Cc1cc([SH]2CCCCC2)cc(C)c1O. The van der Waals surface area contributed by atoms with Crippen LogP contribution in [0.25, 0.3) is 0 Å². The molecule has 84 valence electrons. The van der Waals surface area contributed by atoms with Crippen LogP contribution < -0.4 is 0 Å². The Morgan fingerprint density at radius 2 is 1.53 bits per heavy atom. The molecule has 0 atom stereocenters. The van der Waals surface area contributed by atoms with E-state index in [0.29, 0.717) is 5.75 Å². The fraction of sp³-hybridized carbons (Fsp3) is 0.538. The standard InChI is InChI=1S/C13H20OS/c1-10-8-12(9-11(2)13(10)14)15-6-4-3-5-7-15/h8-9,14-15H,3-7H2,1-2H3. The number of rotatable bonds is 1. The number of aryl methyl sites for hydroxylation is 2. The lowest BCUT2D eigenvalue weighted by Gasteiger charge is -2.27. The van der Waals surface area contributed by atoms with Crippen molar-refractivity contribution >= 4 is 10.9 Å². The molecule has 1 saturated heterocycles. The molecule has 0 spiro atoms. The molecular formula is C13H20OS. The van der Waals surface area contributed by atoms with Gasteiger partial charge in [-0.2, -0.15) is 0 Å².